The standard InChI is InChI=1S/C31H36N6O8/c1-2-45-20-35-27(40)18-34-31(44)24(16-22-6-4-3-5-7-22)36-28(41)19-33-26(39)17-32-25(38)13-10-21-8-11-23(12-9-21)37-29(42)14-15-30(37)43/h3-9,11-12,14-15,24H,2,10,13,16-20H2,1H3,(H,32,38)(H,33,39)(H,34,44)(H,35,40)(H,36,41)/t24-/m0/s1. The number of amides is 7. The van der Waals surface area contributed by atoms with Crippen LogP contribution in [0.1, 0.15) is 24.5 Å². The molecule has 3 rings (SSSR count). The second kappa shape index (κ2) is 17.7. The Morgan fingerprint density at radius 2 is 1.31 bits per heavy atom. The number of benzene rings is 2. The maximum Gasteiger partial charge on any atom is 0.258 e. The molecule has 1 aliphatic heterocycles. The molecule has 5 N–H and O–H groups in total. The zero-order valence-corrected chi connectivity index (χ0v) is 24.8. The van der Waals surface area contributed by atoms with Crippen molar-refractivity contribution in [2.24, 2.45) is 0 Å². The molecule has 1 aliphatic rings. The van der Waals surface area contributed by atoms with Crippen molar-refractivity contribution in [2.75, 3.05) is 37.9 Å². The van der Waals surface area contributed by atoms with Gasteiger partial charge in [0.05, 0.1) is 25.3 Å². The lowest BCUT2D eigenvalue weighted by molar-refractivity contribution is -0.131. The van der Waals surface area contributed by atoms with Crippen molar-refractivity contribution in [1.82, 2.24) is 26.6 Å². The van der Waals surface area contributed by atoms with E-state index in [9.17, 15) is 33.6 Å². The van der Waals surface area contributed by atoms with Crippen LogP contribution in [0, 0.1) is 0 Å². The number of nitrogens with one attached hydrogen (secondary N) is 5. The Balaban J connectivity index is 1.39. The Kier molecular flexibility index (Phi) is 13.4. The van der Waals surface area contributed by atoms with Crippen LogP contribution in [-0.2, 0) is 51.1 Å². The van der Waals surface area contributed by atoms with E-state index >= 15 is 0 Å². The topological polar surface area (TPSA) is 192 Å². The Hall–Kier alpha value is -5.37. The maximum atomic E-state index is 12.8. The highest BCUT2D eigenvalue weighted by Gasteiger charge is 2.25. The van der Waals surface area contributed by atoms with Gasteiger partial charge in [0.25, 0.3) is 11.8 Å². The summed E-state index contributed by atoms with van der Waals surface area (Å²) in [6, 6.07) is 14.6. The summed E-state index contributed by atoms with van der Waals surface area (Å²) in [5.41, 5.74) is 1.99. The summed E-state index contributed by atoms with van der Waals surface area (Å²) < 4.78 is 5.04. The van der Waals surface area contributed by atoms with Crippen LogP contribution in [0.3, 0.4) is 0 Å². The number of hydrogen-bond donors (Lipinski definition) is 5. The highest BCUT2D eigenvalue weighted by atomic mass is 16.5. The SMILES string of the molecule is CCOCNC(=O)CNC(=O)[C@H](Cc1ccccc1)NC(=O)CNC(=O)CNC(=O)CCc1ccc(N2C(=O)C=CC2=O)cc1. The number of carbonyl (C=O) groups excluding carboxylic acids is 7. The molecule has 1 atom stereocenters. The lowest BCUT2D eigenvalue weighted by Gasteiger charge is -2.19. The number of ether oxygens (including phenoxy) is 1. The van der Waals surface area contributed by atoms with Gasteiger partial charge in [-0.15, -0.1) is 0 Å². The van der Waals surface area contributed by atoms with Crippen molar-refractivity contribution in [3.8, 4) is 0 Å². The minimum absolute atomic E-state index is 0.00858. The first-order valence-corrected chi connectivity index (χ1v) is 14.3. The van der Waals surface area contributed by atoms with Crippen molar-refractivity contribution in [3.05, 3.63) is 77.9 Å². The Morgan fingerprint density at radius 1 is 0.711 bits per heavy atom. The van der Waals surface area contributed by atoms with Crippen LogP contribution >= 0.6 is 0 Å². The molecule has 2 aromatic carbocycles. The molecule has 14 nitrogen and oxygen atoms in total. The fourth-order valence-corrected chi connectivity index (χ4v) is 4.12. The average molecular weight is 621 g/mol. The number of imide groups is 1. The molecular weight excluding hydrogens is 584 g/mol. The summed E-state index contributed by atoms with van der Waals surface area (Å²) >= 11 is 0. The second-order valence-electron chi connectivity index (χ2n) is 9.83. The smallest absolute Gasteiger partial charge is 0.258 e. The minimum atomic E-state index is -1.02. The monoisotopic (exact) mass is 620 g/mol. The van der Waals surface area contributed by atoms with E-state index in [-0.39, 0.29) is 32.7 Å². The van der Waals surface area contributed by atoms with Gasteiger partial charge in [0.15, 0.2) is 0 Å². The number of aryl methyl sites for hydroxylation is 1. The Labute approximate surface area is 259 Å². The molecule has 0 saturated heterocycles. The van der Waals surface area contributed by atoms with Gasteiger partial charge in [-0.3, -0.25) is 33.6 Å². The molecule has 0 aromatic heterocycles. The van der Waals surface area contributed by atoms with Gasteiger partial charge in [0, 0.05) is 31.6 Å². The second-order valence-corrected chi connectivity index (χ2v) is 9.83. The first-order valence-electron chi connectivity index (χ1n) is 14.3. The molecule has 0 radical (unpaired) electrons. The van der Waals surface area contributed by atoms with Gasteiger partial charge in [-0.05, 0) is 36.6 Å². The number of hydrogen-bond acceptors (Lipinski definition) is 8. The van der Waals surface area contributed by atoms with E-state index in [1.165, 1.54) is 12.2 Å². The minimum Gasteiger partial charge on any atom is -0.362 e. The van der Waals surface area contributed by atoms with Gasteiger partial charge < -0.3 is 31.3 Å². The summed E-state index contributed by atoms with van der Waals surface area (Å²) in [6.07, 6.45) is 2.98. The van der Waals surface area contributed by atoms with Gasteiger partial charge in [0.1, 0.15) is 12.8 Å². The lowest BCUT2D eigenvalue weighted by atomic mass is 10.1. The molecule has 0 unspecified atom stereocenters. The van der Waals surface area contributed by atoms with E-state index in [0.29, 0.717) is 18.7 Å². The van der Waals surface area contributed by atoms with Gasteiger partial charge in [0.2, 0.25) is 29.5 Å². The summed E-state index contributed by atoms with van der Waals surface area (Å²) in [7, 11) is 0. The van der Waals surface area contributed by atoms with Crippen molar-refractivity contribution in [2.45, 2.75) is 32.2 Å². The molecular formula is C31H36N6O8. The van der Waals surface area contributed by atoms with Crippen LogP contribution in [-0.4, -0.2) is 80.4 Å². The molecule has 0 bridgehead atoms. The van der Waals surface area contributed by atoms with Gasteiger partial charge in [-0.2, -0.15) is 0 Å². The maximum absolute atomic E-state index is 12.8. The molecule has 45 heavy (non-hydrogen) atoms. The van der Waals surface area contributed by atoms with Gasteiger partial charge >= 0.3 is 0 Å². The third kappa shape index (κ3) is 11.7. The largest absolute Gasteiger partial charge is 0.362 e. The molecule has 7 amide bonds. The van der Waals surface area contributed by atoms with Crippen LogP contribution in [0.2, 0.25) is 0 Å². The molecule has 0 fully saturated rings. The van der Waals surface area contributed by atoms with Crippen molar-refractivity contribution in [1.29, 1.82) is 0 Å². The third-order valence-electron chi connectivity index (χ3n) is 6.47. The first kappa shape index (κ1) is 34.1. The number of rotatable bonds is 17. The zero-order valence-electron chi connectivity index (χ0n) is 24.8. The number of nitrogens with zero attached hydrogens (tertiary/aromatic N) is 1. The molecule has 0 spiro atoms. The zero-order chi connectivity index (χ0) is 32.6. The van der Waals surface area contributed by atoms with E-state index in [1.807, 2.05) is 6.07 Å². The van der Waals surface area contributed by atoms with E-state index in [0.717, 1.165) is 16.0 Å². The molecule has 238 valence electrons. The Bertz CT molecular complexity index is 1390. The van der Waals surface area contributed by atoms with Crippen molar-refractivity contribution >= 4 is 47.0 Å². The fraction of sp³-hybridized carbons (Fsp3) is 0.323. The van der Waals surface area contributed by atoms with Crippen LogP contribution < -0.4 is 31.5 Å². The molecule has 0 saturated carbocycles. The fourth-order valence-electron chi connectivity index (χ4n) is 4.12. The van der Waals surface area contributed by atoms with Gasteiger partial charge in [-0.25, -0.2) is 4.90 Å². The summed E-state index contributed by atoms with van der Waals surface area (Å²) in [6.45, 7) is 1.10. The van der Waals surface area contributed by atoms with Gasteiger partial charge in [-0.1, -0.05) is 42.5 Å². The highest BCUT2D eigenvalue weighted by Crippen LogP contribution is 2.20. The normalized spacial score (nSPS) is 12.8. The van der Waals surface area contributed by atoms with Crippen LogP contribution in [0.4, 0.5) is 5.69 Å². The summed E-state index contributed by atoms with van der Waals surface area (Å²) in [4.78, 5) is 86.4. The van der Waals surface area contributed by atoms with E-state index in [4.69, 9.17) is 4.74 Å². The predicted octanol–water partition coefficient (Wildman–Crippen LogP) is -0.765. The molecule has 2 aromatic rings. The number of carbonyl (C=O) groups is 7. The molecule has 14 heteroatoms. The summed E-state index contributed by atoms with van der Waals surface area (Å²) in [5, 5.41) is 12.4. The van der Waals surface area contributed by atoms with E-state index in [1.54, 1.807) is 55.5 Å². The molecule has 1 heterocycles. The molecule has 0 aliphatic carbocycles. The third-order valence-corrected chi connectivity index (χ3v) is 6.47. The first-order chi connectivity index (χ1) is 21.7. The summed E-state index contributed by atoms with van der Waals surface area (Å²) in [5.74, 6) is -3.51. The van der Waals surface area contributed by atoms with E-state index < -0.39 is 53.9 Å². The van der Waals surface area contributed by atoms with Crippen molar-refractivity contribution < 1.29 is 38.3 Å². The highest BCUT2D eigenvalue weighted by molar-refractivity contribution is 6.28. The van der Waals surface area contributed by atoms with Crippen molar-refractivity contribution in [3.63, 3.8) is 0 Å². The lowest BCUT2D eigenvalue weighted by Crippen LogP contribution is -2.52. The van der Waals surface area contributed by atoms with Crippen LogP contribution in [0.15, 0.2) is 66.7 Å². The van der Waals surface area contributed by atoms with E-state index in [2.05, 4.69) is 26.6 Å². The number of anilines is 1. The quantitative estimate of drug-likeness (QED) is 0.0865. The van der Waals surface area contributed by atoms with Crippen LogP contribution in [0.5, 0.6) is 0 Å². The van der Waals surface area contributed by atoms with Crippen LogP contribution in [0.25, 0.3) is 0 Å². The average Bonchev–Trinajstić information content (AvgIpc) is 3.38. The predicted molar refractivity (Wildman–Crippen MR) is 162 cm³/mol. The Morgan fingerprint density at radius 3 is 1.98 bits per heavy atom.